The number of aliphatic carboxylic acids is 5. The molecule has 516 valence electrons. The highest BCUT2D eigenvalue weighted by Gasteiger charge is 2.39. The number of amides is 4. The van der Waals surface area contributed by atoms with E-state index in [1.807, 2.05) is 4.90 Å². The number of hydrogen-bond donors (Lipinski definition) is 7. The van der Waals surface area contributed by atoms with Crippen molar-refractivity contribution in [1.29, 1.82) is 0 Å². The van der Waals surface area contributed by atoms with Crippen LogP contribution in [0.4, 0.5) is 26.3 Å². The van der Waals surface area contributed by atoms with Crippen LogP contribution in [0.1, 0.15) is 6.42 Å². The molecule has 2 rings (SSSR count). The lowest BCUT2D eigenvalue weighted by molar-refractivity contribution is -0.193. The van der Waals surface area contributed by atoms with Crippen molar-refractivity contribution in [2.24, 2.45) is 0 Å². The van der Waals surface area contributed by atoms with Crippen LogP contribution in [0.5, 0.6) is 0 Å². The predicted molar refractivity (Wildman–Crippen MR) is 292 cm³/mol. The summed E-state index contributed by atoms with van der Waals surface area (Å²) >= 11 is 0. The van der Waals surface area contributed by atoms with E-state index in [0.29, 0.717) is 198 Å². The number of carboxylic acid groups (broad SMARTS) is 5. The largest absolute Gasteiger partial charge is 0.490 e. The van der Waals surface area contributed by atoms with E-state index in [1.54, 1.807) is 14.7 Å². The zero-order valence-electron chi connectivity index (χ0n) is 49.4. The van der Waals surface area contributed by atoms with Gasteiger partial charge in [-0.2, -0.15) is 26.3 Å². The first-order valence-corrected chi connectivity index (χ1v) is 27.9. The molecule has 0 radical (unpaired) electrons. The average Bonchev–Trinajstić information content (AvgIpc) is 4.10. The summed E-state index contributed by atoms with van der Waals surface area (Å²) in [6.45, 7) is 11.2. The number of carboxylic acids is 5. The third-order valence-electron chi connectivity index (χ3n) is 11.2. The third kappa shape index (κ3) is 52.6. The first kappa shape index (κ1) is 83.1. The van der Waals surface area contributed by atoms with Crippen LogP contribution in [0.15, 0.2) is 12.2 Å². The van der Waals surface area contributed by atoms with Crippen molar-refractivity contribution in [3.8, 4) is 0 Å². The summed E-state index contributed by atoms with van der Waals surface area (Å²) in [6.07, 6.45) is -7.76. The van der Waals surface area contributed by atoms with Crippen molar-refractivity contribution >= 4 is 53.5 Å². The summed E-state index contributed by atoms with van der Waals surface area (Å²) in [6, 6.07) is 0. The number of nitrogens with zero attached hydrogens (tertiary/aromatic N) is 5. The molecule has 38 heteroatoms. The molecule has 0 spiro atoms. The number of carbonyl (C=O) groups excluding carboxylic acids is 4. The van der Waals surface area contributed by atoms with Gasteiger partial charge >= 0.3 is 42.2 Å². The van der Waals surface area contributed by atoms with Gasteiger partial charge in [-0.25, -0.2) is 9.59 Å². The van der Waals surface area contributed by atoms with Gasteiger partial charge in [0, 0.05) is 90.6 Å². The molecule has 1 saturated heterocycles. The molecule has 7 N–H and O–H groups in total. The molecule has 1 fully saturated rings. The highest BCUT2D eigenvalue weighted by atomic mass is 19.4. The molecule has 0 atom stereocenters. The average molecular weight is 1310 g/mol. The van der Waals surface area contributed by atoms with E-state index in [4.69, 9.17) is 71.9 Å². The van der Waals surface area contributed by atoms with E-state index in [1.165, 1.54) is 12.2 Å². The summed E-state index contributed by atoms with van der Waals surface area (Å²) in [5, 5.41) is 47.9. The number of carbonyl (C=O) groups is 9. The smallest absolute Gasteiger partial charge is 0.480 e. The topological polar surface area (TPSA) is 397 Å². The Labute approximate surface area is 509 Å². The number of ether oxygens (including phenoxy) is 11. The molecule has 0 saturated carbocycles. The van der Waals surface area contributed by atoms with Gasteiger partial charge < -0.3 is 88.3 Å². The first-order chi connectivity index (χ1) is 42.3. The van der Waals surface area contributed by atoms with Gasteiger partial charge in [-0.1, -0.05) is 0 Å². The molecule has 2 aliphatic heterocycles. The van der Waals surface area contributed by atoms with E-state index in [-0.39, 0.29) is 64.1 Å². The standard InChI is InChI=1S/C47H83N7O21.2C2HF3O2/c55-41(3-6-54-43(57)1-2-44(54)58)48-4-15-65-17-19-67-21-23-69-25-27-71-29-31-73-33-35-75-36-34-74-32-30-72-28-26-70-24-22-68-20-18-66-16-5-49-42(56)37-50-7-9-51(38-45(59)60)11-13-53(40-47(63)64)14-12-52(10-8-50)39-46(61)62;2*3-2(4,5)1(6)7/h1-2H,3-40H2,(H,48,55)(H,49,56)(H,59,60)(H,61,62)(H,63,64);2*(H,6,7). The molecule has 4 amide bonds. The summed E-state index contributed by atoms with van der Waals surface area (Å²) in [5.74, 6) is -9.92. The molecule has 0 aromatic carbocycles. The summed E-state index contributed by atoms with van der Waals surface area (Å²) in [5.41, 5.74) is 0. The third-order valence-corrected chi connectivity index (χ3v) is 11.2. The van der Waals surface area contributed by atoms with Crippen LogP contribution in [-0.4, -0.2) is 359 Å². The van der Waals surface area contributed by atoms with Crippen LogP contribution >= 0.6 is 0 Å². The fourth-order valence-corrected chi connectivity index (χ4v) is 6.82. The molecule has 0 unspecified atom stereocenters. The van der Waals surface area contributed by atoms with Gasteiger partial charge in [0.25, 0.3) is 11.8 Å². The van der Waals surface area contributed by atoms with Crippen molar-refractivity contribution in [3.05, 3.63) is 12.2 Å². The highest BCUT2D eigenvalue weighted by Crippen LogP contribution is 2.14. The second-order valence-electron chi connectivity index (χ2n) is 18.2. The Hall–Kier alpha value is -5.85. The van der Waals surface area contributed by atoms with Gasteiger partial charge in [-0.3, -0.25) is 58.1 Å². The van der Waals surface area contributed by atoms with Gasteiger partial charge in [-0.15, -0.1) is 0 Å². The normalized spacial score (nSPS) is 14.9. The lowest BCUT2D eigenvalue weighted by Crippen LogP contribution is -2.50. The molecule has 89 heavy (non-hydrogen) atoms. The molecule has 0 aromatic rings. The lowest BCUT2D eigenvalue weighted by Gasteiger charge is -2.32. The maximum atomic E-state index is 12.8. The first-order valence-electron chi connectivity index (χ1n) is 27.9. The van der Waals surface area contributed by atoms with E-state index in [2.05, 4.69) is 10.6 Å². The molecule has 2 heterocycles. The molecule has 0 aliphatic carbocycles. The maximum Gasteiger partial charge on any atom is 0.490 e. The molecular weight excluding hydrogens is 1220 g/mol. The summed E-state index contributed by atoms with van der Waals surface area (Å²) in [7, 11) is 0. The Bertz CT molecular complexity index is 1950. The highest BCUT2D eigenvalue weighted by molar-refractivity contribution is 6.13. The number of alkyl halides is 6. The van der Waals surface area contributed by atoms with Gasteiger partial charge in [-0.05, 0) is 0 Å². The van der Waals surface area contributed by atoms with Crippen LogP contribution in [-0.2, 0) is 95.3 Å². The van der Waals surface area contributed by atoms with E-state index < -0.39 is 54.0 Å². The fraction of sp³-hybridized carbons (Fsp3) is 0.784. The summed E-state index contributed by atoms with van der Waals surface area (Å²) in [4.78, 5) is 108. The Morgan fingerprint density at radius 2 is 0.562 bits per heavy atom. The summed E-state index contributed by atoms with van der Waals surface area (Å²) < 4.78 is 124. The van der Waals surface area contributed by atoms with Crippen LogP contribution in [0.25, 0.3) is 0 Å². The number of rotatable bonds is 47. The molecule has 0 aromatic heterocycles. The van der Waals surface area contributed by atoms with E-state index in [0.717, 1.165) is 4.90 Å². The zero-order chi connectivity index (χ0) is 66.6. The van der Waals surface area contributed by atoms with E-state index >= 15 is 0 Å². The Morgan fingerprint density at radius 1 is 0.360 bits per heavy atom. The molecule has 32 nitrogen and oxygen atoms in total. The second-order valence-corrected chi connectivity index (χ2v) is 18.2. The van der Waals surface area contributed by atoms with Crippen LogP contribution in [0.3, 0.4) is 0 Å². The minimum atomic E-state index is -5.08. The number of imide groups is 1. The van der Waals surface area contributed by atoms with Crippen LogP contribution < -0.4 is 10.6 Å². The van der Waals surface area contributed by atoms with Gasteiger partial charge in [0.2, 0.25) is 11.8 Å². The van der Waals surface area contributed by atoms with Crippen molar-refractivity contribution < 1.29 is 147 Å². The second kappa shape index (κ2) is 52.9. The van der Waals surface area contributed by atoms with E-state index in [9.17, 15) is 75.2 Å². The zero-order valence-corrected chi connectivity index (χ0v) is 49.4. The van der Waals surface area contributed by atoms with Crippen molar-refractivity contribution in [3.63, 3.8) is 0 Å². The Kier molecular flexibility index (Phi) is 49.4. The van der Waals surface area contributed by atoms with Crippen molar-refractivity contribution in [1.82, 2.24) is 35.1 Å². The quantitative estimate of drug-likeness (QED) is 0.0187. The van der Waals surface area contributed by atoms with Crippen molar-refractivity contribution in [2.75, 3.05) is 244 Å². The monoisotopic (exact) mass is 1310 g/mol. The van der Waals surface area contributed by atoms with Gasteiger partial charge in [0.1, 0.15) is 0 Å². The number of hydrogen-bond acceptors (Lipinski definition) is 24. The molecule has 0 bridgehead atoms. The Balaban J connectivity index is 0.00000491. The minimum Gasteiger partial charge on any atom is -0.480 e. The minimum absolute atomic E-state index is 0.0237. The number of halogens is 6. The van der Waals surface area contributed by atoms with Gasteiger partial charge in [0.05, 0.1) is 172 Å². The van der Waals surface area contributed by atoms with Crippen molar-refractivity contribution in [2.45, 2.75) is 18.8 Å². The lowest BCUT2D eigenvalue weighted by atomic mass is 10.3. The maximum absolute atomic E-state index is 12.8. The van der Waals surface area contributed by atoms with Crippen LogP contribution in [0, 0.1) is 0 Å². The molecule has 2 aliphatic rings. The SMILES string of the molecule is O=C(O)C(F)(F)F.O=C(O)C(F)(F)F.O=C(O)CN1CCN(CC(=O)O)CCN(CC(=O)NCCOCCOCCOCCOCCOCCOCCOCCOCCOCCOCCOCCNC(=O)CCN2C(=O)C=CC2=O)CCN(CC(=O)O)CC1. The van der Waals surface area contributed by atoms with Crippen LogP contribution in [0.2, 0.25) is 0 Å². The van der Waals surface area contributed by atoms with Gasteiger partial charge in [0.15, 0.2) is 0 Å². The number of nitrogens with one attached hydrogen (secondary N) is 2. The fourth-order valence-electron chi connectivity index (χ4n) is 6.82. The molecular formula is C51H85F6N7O25. The Morgan fingerprint density at radius 3 is 0.775 bits per heavy atom. The predicted octanol–water partition coefficient (Wildman–Crippen LogP) is -2.54.